The zero-order valence-corrected chi connectivity index (χ0v) is 11.9. The van der Waals surface area contributed by atoms with Crippen molar-refractivity contribution in [3.63, 3.8) is 0 Å². The highest BCUT2D eigenvalue weighted by molar-refractivity contribution is 7.99. The summed E-state index contributed by atoms with van der Waals surface area (Å²) in [6, 6.07) is 8.26. The monoisotopic (exact) mass is 276 g/mol. The van der Waals surface area contributed by atoms with Gasteiger partial charge >= 0.3 is 0 Å². The van der Waals surface area contributed by atoms with E-state index in [2.05, 4.69) is 17.4 Å². The fourth-order valence-electron chi connectivity index (χ4n) is 2.87. The Kier molecular flexibility index (Phi) is 4.09. The van der Waals surface area contributed by atoms with Crippen LogP contribution in [0.15, 0.2) is 29.2 Å². The molecule has 1 amide bonds. The Morgan fingerprint density at radius 1 is 1.32 bits per heavy atom. The van der Waals surface area contributed by atoms with Crippen LogP contribution >= 0.6 is 11.8 Å². The topological polar surface area (TPSA) is 32.3 Å². The van der Waals surface area contributed by atoms with E-state index >= 15 is 0 Å². The molecule has 1 N–H and O–H groups in total. The second-order valence-electron chi connectivity index (χ2n) is 5.26. The number of thioether (sulfide) groups is 1. The average Bonchev–Trinajstić information content (AvgIpc) is 2.47. The SMILES string of the molecule is O=C(CC1CCNCC1)N1CCSc2ccccc21. The summed E-state index contributed by atoms with van der Waals surface area (Å²) in [5.74, 6) is 1.88. The minimum atomic E-state index is 0.305. The molecule has 3 rings (SSSR count). The highest BCUT2D eigenvalue weighted by Gasteiger charge is 2.25. The van der Waals surface area contributed by atoms with E-state index in [1.165, 1.54) is 4.90 Å². The van der Waals surface area contributed by atoms with Crippen LogP contribution in [0.4, 0.5) is 5.69 Å². The predicted molar refractivity (Wildman–Crippen MR) is 79.7 cm³/mol. The van der Waals surface area contributed by atoms with E-state index in [0.29, 0.717) is 18.2 Å². The van der Waals surface area contributed by atoms with Crippen molar-refractivity contribution in [2.75, 3.05) is 30.3 Å². The van der Waals surface area contributed by atoms with Crippen molar-refractivity contribution in [1.82, 2.24) is 5.32 Å². The predicted octanol–water partition coefficient (Wildman–Crippen LogP) is 2.52. The normalized spacial score (nSPS) is 20.1. The first-order valence-corrected chi connectivity index (χ1v) is 8.06. The first-order valence-electron chi connectivity index (χ1n) is 7.07. The lowest BCUT2D eigenvalue weighted by molar-refractivity contribution is -0.119. The third-order valence-electron chi connectivity index (χ3n) is 3.95. The second-order valence-corrected chi connectivity index (χ2v) is 6.40. The van der Waals surface area contributed by atoms with Gasteiger partial charge in [-0.05, 0) is 44.0 Å². The van der Waals surface area contributed by atoms with Gasteiger partial charge in [-0.2, -0.15) is 0 Å². The van der Waals surface area contributed by atoms with Crippen molar-refractivity contribution in [1.29, 1.82) is 0 Å². The van der Waals surface area contributed by atoms with Gasteiger partial charge < -0.3 is 10.2 Å². The van der Waals surface area contributed by atoms with Gasteiger partial charge in [-0.1, -0.05) is 12.1 Å². The summed E-state index contributed by atoms with van der Waals surface area (Å²) >= 11 is 1.85. The van der Waals surface area contributed by atoms with Gasteiger partial charge in [0.25, 0.3) is 0 Å². The summed E-state index contributed by atoms with van der Waals surface area (Å²) in [5.41, 5.74) is 1.11. The quantitative estimate of drug-likeness (QED) is 0.901. The molecule has 0 atom stereocenters. The molecule has 2 aliphatic rings. The van der Waals surface area contributed by atoms with Gasteiger partial charge in [0.05, 0.1) is 5.69 Å². The zero-order chi connectivity index (χ0) is 13.1. The third-order valence-corrected chi connectivity index (χ3v) is 4.99. The molecule has 1 fully saturated rings. The molecular formula is C15H20N2OS. The van der Waals surface area contributed by atoms with Crippen LogP contribution in [0.25, 0.3) is 0 Å². The van der Waals surface area contributed by atoms with E-state index in [-0.39, 0.29) is 0 Å². The lowest BCUT2D eigenvalue weighted by atomic mass is 9.94. The van der Waals surface area contributed by atoms with E-state index in [1.807, 2.05) is 28.8 Å². The standard InChI is InChI=1S/C15H20N2OS/c18-15(11-12-5-7-16-8-6-12)17-9-10-19-14-4-2-1-3-13(14)17/h1-4,12,16H,5-11H2. The highest BCUT2D eigenvalue weighted by Crippen LogP contribution is 2.35. The van der Waals surface area contributed by atoms with Gasteiger partial charge in [-0.3, -0.25) is 4.79 Å². The number of carbonyl (C=O) groups excluding carboxylic acids is 1. The Morgan fingerprint density at radius 3 is 2.95 bits per heavy atom. The van der Waals surface area contributed by atoms with Crippen LogP contribution in [-0.2, 0) is 4.79 Å². The van der Waals surface area contributed by atoms with Crippen molar-refractivity contribution < 1.29 is 4.79 Å². The Labute approximate surface area is 118 Å². The molecule has 0 spiro atoms. The maximum absolute atomic E-state index is 12.5. The number of fused-ring (bicyclic) bond motifs is 1. The molecule has 102 valence electrons. The van der Waals surface area contributed by atoms with Crippen LogP contribution in [0.1, 0.15) is 19.3 Å². The minimum Gasteiger partial charge on any atom is -0.317 e. The number of amides is 1. The molecule has 1 aromatic carbocycles. The molecule has 1 aromatic rings. The number of hydrogen-bond acceptors (Lipinski definition) is 3. The van der Waals surface area contributed by atoms with E-state index in [0.717, 1.165) is 43.9 Å². The number of para-hydroxylation sites is 1. The molecule has 1 saturated heterocycles. The summed E-state index contributed by atoms with van der Waals surface area (Å²) < 4.78 is 0. The molecule has 0 unspecified atom stereocenters. The molecule has 0 radical (unpaired) electrons. The molecule has 0 bridgehead atoms. The molecule has 0 aliphatic carbocycles. The van der Waals surface area contributed by atoms with Gasteiger partial charge in [-0.15, -0.1) is 11.8 Å². The Balaban J connectivity index is 1.70. The van der Waals surface area contributed by atoms with E-state index in [4.69, 9.17) is 0 Å². The molecule has 2 heterocycles. The zero-order valence-electron chi connectivity index (χ0n) is 11.1. The lowest BCUT2D eigenvalue weighted by Crippen LogP contribution is -2.38. The summed E-state index contributed by atoms with van der Waals surface area (Å²) in [6.07, 6.45) is 2.98. The average molecular weight is 276 g/mol. The number of carbonyl (C=O) groups is 1. The largest absolute Gasteiger partial charge is 0.317 e. The fraction of sp³-hybridized carbons (Fsp3) is 0.533. The van der Waals surface area contributed by atoms with Crippen LogP contribution in [0.5, 0.6) is 0 Å². The third kappa shape index (κ3) is 2.95. The number of benzene rings is 1. The summed E-state index contributed by atoms with van der Waals surface area (Å²) in [4.78, 5) is 15.8. The van der Waals surface area contributed by atoms with Crippen LogP contribution in [-0.4, -0.2) is 31.3 Å². The van der Waals surface area contributed by atoms with Crippen molar-refractivity contribution in [2.45, 2.75) is 24.2 Å². The number of nitrogens with one attached hydrogen (secondary N) is 1. The van der Waals surface area contributed by atoms with Crippen molar-refractivity contribution in [2.24, 2.45) is 5.92 Å². The van der Waals surface area contributed by atoms with Crippen LogP contribution in [0.3, 0.4) is 0 Å². The summed E-state index contributed by atoms with van der Waals surface area (Å²) in [6.45, 7) is 2.97. The van der Waals surface area contributed by atoms with Crippen LogP contribution in [0.2, 0.25) is 0 Å². The smallest absolute Gasteiger partial charge is 0.227 e. The molecule has 4 heteroatoms. The number of piperidine rings is 1. The van der Waals surface area contributed by atoms with Gasteiger partial charge in [0, 0.05) is 23.6 Å². The molecule has 2 aliphatic heterocycles. The van der Waals surface area contributed by atoms with E-state index < -0.39 is 0 Å². The van der Waals surface area contributed by atoms with Gasteiger partial charge in [0.1, 0.15) is 0 Å². The van der Waals surface area contributed by atoms with Crippen molar-refractivity contribution in [3.8, 4) is 0 Å². The van der Waals surface area contributed by atoms with Crippen molar-refractivity contribution in [3.05, 3.63) is 24.3 Å². The lowest BCUT2D eigenvalue weighted by Gasteiger charge is -2.31. The Morgan fingerprint density at radius 2 is 2.11 bits per heavy atom. The number of rotatable bonds is 2. The number of anilines is 1. The fourth-order valence-corrected chi connectivity index (χ4v) is 3.87. The first-order chi connectivity index (χ1) is 9.34. The summed E-state index contributed by atoms with van der Waals surface area (Å²) in [5, 5.41) is 3.35. The minimum absolute atomic E-state index is 0.305. The molecule has 0 aromatic heterocycles. The summed E-state index contributed by atoms with van der Waals surface area (Å²) in [7, 11) is 0. The second kappa shape index (κ2) is 5.97. The maximum atomic E-state index is 12.5. The number of hydrogen-bond donors (Lipinski definition) is 1. The molecular weight excluding hydrogens is 256 g/mol. The molecule has 0 saturated carbocycles. The van der Waals surface area contributed by atoms with E-state index in [1.54, 1.807) is 0 Å². The van der Waals surface area contributed by atoms with Gasteiger partial charge in [-0.25, -0.2) is 0 Å². The van der Waals surface area contributed by atoms with Crippen LogP contribution in [0, 0.1) is 5.92 Å². The molecule has 19 heavy (non-hydrogen) atoms. The van der Waals surface area contributed by atoms with Gasteiger partial charge in [0.2, 0.25) is 5.91 Å². The maximum Gasteiger partial charge on any atom is 0.227 e. The highest BCUT2D eigenvalue weighted by atomic mass is 32.2. The van der Waals surface area contributed by atoms with Crippen LogP contribution < -0.4 is 10.2 Å². The number of nitrogens with zero attached hydrogens (tertiary/aromatic N) is 1. The Hall–Kier alpha value is -1.00. The Bertz CT molecular complexity index is 457. The van der Waals surface area contributed by atoms with E-state index in [9.17, 15) is 4.79 Å². The molecule has 3 nitrogen and oxygen atoms in total. The first kappa shape index (κ1) is 13.0. The van der Waals surface area contributed by atoms with Crippen molar-refractivity contribution >= 4 is 23.4 Å². The van der Waals surface area contributed by atoms with Gasteiger partial charge in [0.15, 0.2) is 0 Å².